The van der Waals surface area contributed by atoms with Crippen LogP contribution in [0.3, 0.4) is 0 Å². The molecule has 12 heteroatoms. The van der Waals surface area contributed by atoms with Crippen LogP contribution < -0.4 is 14.8 Å². The van der Waals surface area contributed by atoms with Crippen molar-refractivity contribution in [3.05, 3.63) is 94.0 Å². The first-order valence-electron chi connectivity index (χ1n) is 11.4. The maximum absolute atomic E-state index is 14.1. The minimum atomic E-state index is -2.24. The maximum atomic E-state index is 14.1. The molecule has 0 unspecified atom stereocenters. The zero-order valence-corrected chi connectivity index (χ0v) is 20.5. The lowest BCUT2D eigenvalue weighted by Crippen LogP contribution is -2.14. The molecule has 2 aromatic carbocycles. The molecule has 2 heterocycles. The van der Waals surface area contributed by atoms with Crippen LogP contribution in [-0.2, 0) is 13.2 Å². The van der Waals surface area contributed by atoms with Crippen LogP contribution in [0.25, 0.3) is 0 Å². The molecule has 0 bridgehead atoms. The summed E-state index contributed by atoms with van der Waals surface area (Å²) in [6.45, 7) is 4.71. The molecule has 0 spiro atoms. The third-order valence-corrected chi connectivity index (χ3v) is 5.63. The largest absolute Gasteiger partial charge is 0.494 e. The van der Waals surface area contributed by atoms with Gasteiger partial charge in [0, 0.05) is 0 Å². The first-order valence-corrected chi connectivity index (χ1v) is 11.4. The Morgan fingerprint density at radius 2 is 1.47 bits per heavy atom. The zero-order valence-electron chi connectivity index (χ0n) is 20.5. The predicted molar refractivity (Wildman–Crippen MR) is 126 cm³/mol. The topological polar surface area (TPSA) is 78.5 Å². The van der Waals surface area contributed by atoms with Crippen LogP contribution in [0.5, 0.6) is 11.5 Å². The molecule has 4 aromatic rings. The van der Waals surface area contributed by atoms with Gasteiger partial charge < -0.3 is 19.2 Å². The summed E-state index contributed by atoms with van der Waals surface area (Å²) in [6, 6.07) is 9.99. The van der Waals surface area contributed by atoms with Crippen LogP contribution in [0, 0.1) is 42.9 Å². The number of halogens is 5. The van der Waals surface area contributed by atoms with Gasteiger partial charge in [-0.3, -0.25) is 9.48 Å². The number of carbonyl (C=O) groups is 1. The monoisotopic (exact) mass is 535 g/mol. The molecule has 0 fully saturated rings. The van der Waals surface area contributed by atoms with Crippen molar-refractivity contribution in [3.8, 4) is 11.5 Å². The van der Waals surface area contributed by atoms with E-state index >= 15 is 0 Å². The van der Waals surface area contributed by atoms with E-state index in [1.54, 1.807) is 30.3 Å². The van der Waals surface area contributed by atoms with Gasteiger partial charge in [-0.1, -0.05) is 0 Å². The van der Waals surface area contributed by atoms with Gasteiger partial charge in [0.25, 0.3) is 5.91 Å². The van der Waals surface area contributed by atoms with Crippen molar-refractivity contribution < 1.29 is 40.6 Å². The molecule has 1 amide bonds. The molecule has 2 aromatic heterocycles. The summed E-state index contributed by atoms with van der Waals surface area (Å²) >= 11 is 0. The molecule has 0 atom stereocenters. The summed E-state index contributed by atoms with van der Waals surface area (Å²) < 4.78 is 86.3. The van der Waals surface area contributed by atoms with E-state index in [-0.39, 0.29) is 29.4 Å². The SMILES string of the molecule is CCOc1ccc(OCc2ccc(C(=O)Nc3c(C)nn(Cc4c(F)c(F)c(F)c(F)c4F)c3C)o2)cc1. The van der Waals surface area contributed by atoms with Gasteiger partial charge >= 0.3 is 0 Å². The molecule has 0 saturated heterocycles. The number of carbonyl (C=O) groups excluding carboxylic acids is 1. The van der Waals surface area contributed by atoms with E-state index in [0.29, 0.717) is 23.9 Å². The van der Waals surface area contributed by atoms with Crippen LogP contribution in [0.4, 0.5) is 27.6 Å². The molecule has 1 N–H and O–H groups in total. The smallest absolute Gasteiger partial charge is 0.291 e. The van der Waals surface area contributed by atoms with E-state index < -0.39 is 47.1 Å². The fraction of sp³-hybridized carbons (Fsp3) is 0.231. The molecule has 7 nitrogen and oxygen atoms in total. The highest BCUT2D eigenvalue weighted by Crippen LogP contribution is 2.27. The molecular weight excluding hydrogens is 513 g/mol. The number of hydrogen-bond acceptors (Lipinski definition) is 5. The second-order valence-corrected chi connectivity index (χ2v) is 8.17. The Kier molecular flexibility index (Phi) is 7.70. The standard InChI is InChI=1S/C26H22F5N3O4/c1-4-36-15-5-7-16(8-6-15)37-12-17-9-10-19(38-17)26(35)32-25-13(2)33-34(14(25)3)11-18-20(27)22(29)24(31)23(30)21(18)28/h5-10H,4,11-12H2,1-3H3,(H,32,35). The van der Waals surface area contributed by atoms with Crippen molar-refractivity contribution in [3.63, 3.8) is 0 Å². The maximum Gasteiger partial charge on any atom is 0.291 e. The number of ether oxygens (including phenoxy) is 2. The van der Waals surface area contributed by atoms with Gasteiger partial charge in [-0.25, -0.2) is 22.0 Å². The lowest BCUT2D eigenvalue weighted by atomic mass is 10.1. The van der Waals surface area contributed by atoms with Crippen molar-refractivity contribution in [1.29, 1.82) is 0 Å². The fourth-order valence-electron chi connectivity index (χ4n) is 3.68. The van der Waals surface area contributed by atoms with Crippen LogP contribution in [0.2, 0.25) is 0 Å². The highest BCUT2D eigenvalue weighted by atomic mass is 19.2. The van der Waals surface area contributed by atoms with E-state index in [2.05, 4.69) is 10.4 Å². The first-order chi connectivity index (χ1) is 18.1. The third-order valence-electron chi connectivity index (χ3n) is 5.63. The quantitative estimate of drug-likeness (QED) is 0.160. The molecule has 38 heavy (non-hydrogen) atoms. The zero-order chi connectivity index (χ0) is 27.6. The van der Waals surface area contributed by atoms with Crippen molar-refractivity contribution >= 4 is 11.6 Å². The van der Waals surface area contributed by atoms with Gasteiger partial charge in [0.05, 0.1) is 35.8 Å². The normalized spacial score (nSPS) is 11.1. The predicted octanol–water partition coefficient (Wildman–Crippen LogP) is 6.07. The Balaban J connectivity index is 1.44. The van der Waals surface area contributed by atoms with Gasteiger partial charge in [-0.05, 0) is 57.2 Å². The number of anilines is 1. The van der Waals surface area contributed by atoms with Crippen molar-refractivity contribution in [2.75, 3.05) is 11.9 Å². The van der Waals surface area contributed by atoms with E-state index in [0.717, 1.165) is 4.68 Å². The van der Waals surface area contributed by atoms with Crippen molar-refractivity contribution in [1.82, 2.24) is 9.78 Å². The van der Waals surface area contributed by atoms with Crippen LogP contribution in [0.15, 0.2) is 40.8 Å². The lowest BCUT2D eigenvalue weighted by molar-refractivity contribution is 0.0992. The van der Waals surface area contributed by atoms with Gasteiger partial charge in [-0.2, -0.15) is 5.10 Å². The molecule has 0 radical (unpaired) electrons. The van der Waals surface area contributed by atoms with Gasteiger partial charge in [0.2, 0.25) is 5.82 Å². The Bertz CT molecular complexity index is 1450. The van der Waals surface area contributed by atoms with Gasteiger partial charge in [0.1, 0.15) is 23.9 Å². The lowest BCUT2D eigenvalue weighted by Gasteiger charge is -2.10. The highest BCUT2D eigenvalue weighted by Gasteiger charge is 2.27. The van der Waals surface area contributed by atoms with Gasteiger partial charge in [0.15, 0.2) is 29.0 Å². The summed E-state index contributed by atoms with van der Waals surface area (Å²) in [4.78, 5) is 12.8. The Labute approximate surface area is 213 Å². The second kappa shape index (κ2) is 11.0. The molecule has 0 saturated carbocycles. The number of aromatic nitrogens is 2. The Morgan fingerprint density at radius 1 is 0.895 bits per heavy atom. The number of furan rings is 1. The Morgan fingerprint density at radius 3 is 2.08 bits per heavy atom. The van der Waals surface area contributed by atoms with E-state index in [1.807, 2.05) is 6.92 Å². The summed E-state index contributed by atoms with van der Waals surface area (Å²) in [7, 11) is 0. The molecular formula is C26H22F5N3O4. The Hall–Kier alpha value is -4.35. The molecule has 200 valence electrons. The summed E-state index contributed by atoms with van der Waals surface area (Å²) in [6.07, 6.45) is 0. The minimum Gasteiger partial charge on any atom is -0.494 e. The fourth-order valence-corrected chi connectivity index (χ4v) is 3.68. The number of aryl methyl sites for hydroxylation is 1. The van der Waals surface area contributed by atoms with Crippen molar-refractivity contribution in [2.24, 2.45) is 0 Å². The summed E-state index contributed by atoms with van der Waals surface area (Å²) in [5.41, 5.74) is -0.369. The van der Waals surface area contributed by atoms with Gasteiger partial charge in [-0.15, -0.1) is 0 Å². The first kappa shape index (κ1) is 26.7. The highest BCUT2D eigenvalue weighted by molar-refractivity contribution is 6.02. The third kappa shape index (κ3) is 5.34. The number of hydrogen-bond donors (Lipinski definition) is 1. The molecule has 0 aliphatic carbocycles. The molecule has 4 rings (SSSR count). The van der Waals surface area contributed by atoms with E-state index in [4.69, 9.17) is 13.9 Å². The van der Waals surface area contributed by atoms with E-state index in [9.17, 15) is 26.7 Å². The van der Waals surface area contributed by atoms with Crippen LogP contribution in [0.1, 0.15) is 40.2 Å². The van der Waals surface area contributed by atoms with Crippen molar-refractivity contribution in [2.45, 2.75) is 33.9 Å². The minimum absolute atomic E-state index is 0.0402. The van der Waals surface area contributed by atoms with Crippen LogP contribution >= 0.6 is 0 Å². The molecule has 0 aliphatic heterocycles. The van der Waals surface area contributed by atoms with E-state index in [1.165, 1.54) is 19.9 Å². The average Bonchev–Trinajstić information content (AvgIpc) is 3.49. The number of nitrogens with one attached hydrogen (secondary N) is 1. The second-order valence-electron chi connectivity index (χ2n) is 8.17. The summed E-state index contributed by atoms with van der Waals surface area (Å²) in [5.74, 6) is -9.26. The average molecular weight is 535 g/mol. The number of amides is 1. The number of nitrogens with zero attached hydrogens (tertiary/aromatic N) is 2. The summed E-state index contributed by atoms with van der Waals surface area (Å²) in [5, 5.41) is 6.67. The van der Waals surface area contributed by atoms with Crippen LogP contribution in [-0.4, -0.2) is 22.3 Å². The molecule has 0 aliphatic rings. The number of benzene rings is 2. The number of rotatable bonds is 9.